The van der Waals surface area contributed by atoms with Gasteiger partial charge in [-0.15, -0.1) is 0 Å². The van der Waals surface area contributed by atoms with Crippen molar-refractivity contribution in [1.82, 2.24) is 9.97 Å². The van der Waals surface area contributed by atoms with Crippen LogP contribution in [-0.4, -0.2) is 38.2 Å². The van der Waals surface area contributed by atoms with Crippen LogP contribution in [0.15, 0.2) is 24.8 Å². The summed E-state index contributed by atoms with van der Waals surface area (Å²) in [6.45, 7) is 0. The van der Waals surface area contributed by atoms with E-state index in [0.717, 1.165) is 0 Å². The van der Waals surface area contributed by atoms with E-state index in [1.54, 1.807) is 24.8 Å². The Balaban J connectivity index is 0.000000443. The fourth-order valence-corrected chi connectivity index (χ4v) is 2.97. The Kier molecular flexibility index (Phi) is 6.93. The second-order valence-electron chi connectivity index (χ2n) is 2.33. The van der Waals surface area contributed by atoms with Crippen molar-refractivity contribution in [2.45, 2.75) is 0 Å². The standard InChI is InChI=1S/C4H4N2.4CHO2.Tb/c1-2-6-4-3-5-1;4*2-1-3;/h1-4H;4*(H,2,3);. The summed E-state index contributed by atoms with van der Waals surface area (Å²) in [5, 5.41) is 33.1. The molecule has 0 atom stereocenters. The molecule has 10 nitrogen and oxygen atoms in total. The van der Waals surface area contributed by atoms with Crippen LogP contribution in [-0.2, 0) is 0 Å². The SMILES string of the molecule is O=[C](O)[Tb]([C](=O)O)([C](=O)O)[C](=O)O.c1cnccn1. The van der Waals surface area contributed by atoms with Crippen LogP contribution in [0.2, 0.25) is 0 Å². The summed E-state index contributed by atoms with van der Waals surface area (Å²) in [5.74, 6) is 0. The maximum Gasteiger partial charge on any atom is 0.0451 e. The molecular formula is C8H8N2O8Tb. The van der Waals surface area contributed by atoms with Crippen LogP contribution in [0.1, 0.15) is 0 Å². The second kappa shape index (κ2) is 7.63. The Hall–Kier alpha value is -1.75. The summed E-state index contributed by atoms with van der Waals surface area (Å²) in [6.07, 6.45) is 6.56. The number of carbonyl (C=O) groups is 4. The van der Waals surface area contributed by atoms with E-state index in [2.05, 4.69) is 9.97 Å². The van der Waals surface area contributed by atoms with Gasteiger partial charge in [-0.1, -0.05) is 0 Å². The molecule has 0 radical (unpaired) electrons. The number of nitrogens with zero attached hydrogens (tertiary/aromatic N) is 2. The van der Waals surface area contributed by atoms with Gasteiger partial charge in [0.05, 0.1) is 0 Å². The van der Waals surface area contributed by atoms with Crippen LogP contribution in [0.3, 0.4) is 0 Å². The molecule has 11 heteroatoms. The minimum absolute atomic E-state index is 1.64. The first-order valence-electron chi connectivity index (χ1n) is 4.08. The molecular weight excluding hydrogens is 411 g/mol. The second-order valence-corrected chi connectivity index (χ2v) is 9.20. The van der Waals surface area contributed by atoms with Crippen molar-refractivity contribution < 1.29 is 70.3 Å². The van der Waals surface area contributed by atoms with E-state index < -0.39 is 38.4 Å². The molecule has 19 heavy (non-hydrogen) atoms. The molecule has 0 aliphatic carbocycles. The van der Waals surface area contributed by atoms with Gasteiger partial charge in [-0.25, -0.2) is 0 Å². The van der Waals surface area contributed by atoms with Gasteiger partial charge in [0.1, 0.15) is 0 Å². The van der Waals surface area contributed by atoms with Crippen LogP contribution in [0, 0.1) is 30.7 Å². The van der Waals surface area contributed by atoms with Crippen molar-refractivity contribution in [3.05, 3.63) is 24.8 Å². The van der Waals surface area contributed by atoms with Gasteiger partial charge in [0.15, 0.2) is 0 Å². The fraction of sp³-hybridized carbons (Fsp3) is 0. The smallest absolute Gasteiger partial charge is 0.0451 e. The Bertz CT molecular complexity index is 403. The minimum Gasteiger partial charge on any atom is -0.262 e. The summed E-state index contributed by atoms with van der Waals surface area (Å²) >= 11 is -6.00. The molecule has 4 N–H and O–H groups in total. The quantitative estimate of drug-likeness (QED) is 0.557. The zero-order chi connectivity index (χ0) is 15.1. The molecule has 0 saturated heterocycles. The molecule has 0 unspecified atom stereocenters. The first-order chi connectivity index (χ1) is 8.77. The van der Waals surface area contributed by atoms with Gasteiger partial charge in [0.2, 0.25) is 0 Å². The van der Waals surface area contributed by atoms with E-state index >= 15 is 0 Å². The molecule has 0 aliphatic heterocycles. The molecule has 0 fully saturated rings. The topological polar surface area (TPSA) is 175 Å². The number of hydrogen-bond donors (Lipinski definition) is 4. The van der Waals surface area contributed by atoms with Gasteiger partial charge in [-0.2, -0.15) is 0 Å². The third-order valence-corrected chi connectivity index (χ3v) is 6.82. The van der Waals surface area contributed by atoms with E-state index in [4.69, 9.17) is 20.4 Å². The fourth-order valence-electron chi connectivity index (χ4n) is 0.619. The molecule has 0 aromatic carbocycles. The molecule has 0 saturated carbocycles. The molecule has 0 amide bonds. The largest absolute Gasteiger partial charge is 0.262 e. The molecule has 1 rings (SSSR count). The average molecular weight is 419 g/mol. The van der Waals surface area contributed by atoms with Gasteiger partial charge in [0, 0.05) is 24.8 Å². The summed E-state index contributed by atoms with van der Waals surface area (Å²) in [5.41, 5.74) is 0. The van der Waals surface area contributed by atoms with Gasteiger partial charge >= 0.3 is 78.0 Å². The van der Waals surface area contributed by atoms with Crippen LogP contribution in [0.25, 0.3) is 0 Å². The van der Waals surface area contributed by atoms with Crippen molar-refractivity contribution in [1.29, 1.82) is 0 Å². The predicted molar refractivity (Wildman–Crippen MR) is 54.1 cm³/mol. The maximum atomic E-state index is 10.3. The Morgan fingerprint density at radius 2 is 0.842 bits per heavy atom. The monoisotopic (exact) mass is 419 g/mol. The zero-order valence-corrected chi connectivity index (χ0v) is 11.1. The van der Waals surface area contributed by atoms with Gasteiger partial charge in [-0.05, 0) is 0 Å². The Labute approximate surface area is 112 Å². The molecule has 0 spiro atoms. The number of hydrogen-bond acceptors (Lipinski definition) is 6. The van der Waals surface area contributed by atoms with Crippen LogP contribution < -0.4 is 0 Å². The third-order valence-electron chi connectivity index (χ3n) is 1.33. The Morgan fingerprint density at radius 1 is 0.632 bits per heavy atom. The van der Waals surface area contributed by atoms with E-state index in [0.29, 0.717) is 0 Å². The van der Waals surface area contributed by atoms with Crippen molar-refractivity contribution in [3.8, 4) is 0 Å². The maximum absolute atomic E-state index is 10.3. The van der Waals surface area contributed by atoms with Crippen molar-refractivity contribution in [2.75, 3.05) is 0 Å². The zero-order valence-electron chi connectivity index (χ0n) is 8.96. The summed E-state index contributed by atoms with van der Waals surface area (Å²) in [7, 11) is 0. The van der Waals surface area contributed by atoms with Crippen LogP contribution in [0.4, 0.5) is 19.2 Å². The number of aromatic nitrogens is 2. The van der Waals surface area contributed by atoms with Crippen LogP contribution in [0.5, 0.6) is 0 Å². The van der Waals surface area contributed by atoms with E-state index in [1.165, 1.54) is 0 Å². The Morgan fingerprint density at radius 3 is 0.895 bits per heavy atom. The van der Waals surface area contributed by atoms with Gasteiger partial charge in [-0.3, -0.25) is 9.97 Å². The average Bonchev–Trinajstić information content (AvgIpc) is 2.30. The molecule has 0 aliphatic rings. The molecule has 1 heterocycles. The summed E-state index contributed by atoms with van der Waals surface area (Å²) in [6, 6.07) is 0. The minimum atomic E-state index is -6.00. The predicted octanol–water partition coefficient (Wildman–Crippen LogP) is 1.33. The van der Waals surface area contributed by atoms with Crippen molar-refractivity contribution in [2.24, 2.45) is 0 Å². The number of carboxylic acid groups (broad SMARTS) is 4. The summed E-state index contributed by atoms with van der Waals surface area (Å²) in [4.78, 5) is 48.6. The van der Waals surface area contributed by atoms with Crippen molar-refractivity contribution >= 4 is 7.76 Å². The summed E-state index contributed by atoms with van der Waals surface area (Å²) < 4.78 is -9.08. The van der Waals surface area contributed by atoms with Gasteiger partial charge < -0.3 is 0 Å². The number of rotatable bonds is 4. The molecule has 107 valence electrons. The normalized spacial score (nSPS) is 10.5. The third kappa shape index (κ3) is 4.13. The van der Waals surface area contributed by atoms with E-state index in [9.17, 15) is 19.2 Å². The van der Waals surface area contributed by atoms with Gasteiger partial charge in [0.25, 0.3) is 0 Å². The first-order valence-corrected chi connectivity index (χ1v) is 8.35. The molecule has 1 aromatic heterocycles. The van der Waals surface area contributed by atoms with E-state index in [-0.39, 0.29) is 0 Å². The first kappa shape index (κ1) is 17.2. The van der Waals surface area contributed by atoms with E-state index in [1.807, 2.05) is 0 Å². The van der Waals surface area contributed by atoms with Crippen LogP contribution >= 0.6 is 0 Å². The molecule has 1 aromatic rings. The van der Waals surface area contributed by atoms with Crippen molar-refractivity contribution in [3.63, 3.8) is 0 Å². The molecule has 0 bridgehead atoms.